The molecule has 1 aromatic heterocycles. The Kier molecular flexibility index (Phi) is 13.3. The van der Waals surface area contributed by atoms with Gasteiger partial charge in [0.2, 0.25) is 5.72 Å². The van der Waals surface area contributed by atoms with Crippen LogP contribution in [0, 0.1) is 11.8 Å². The first-order valence-corrected chi connectivity index (χ1v) is 14.8. The summed E-state index contributed by atoms with van der Waals surface area (Å²) < 4.78 is 8.31. The third-order valence-electron chi connectivity index (χ3n) is 7.12. The topological polar surface area (TPSA) is 39.9 Å². The van der Waals surface area contributed by atoms with Crippen LogP contribution in [-0.4, -0.2) is 21.6 Å². The largest absolute Gasteiger partial charge is 0.344 e. The second kappa shape index (κ2) is 17.0. The van der Waals surface area contributed by atoms with Gasteiger partial charge in [-0.1, -0.05) is 132 Å². The Balaban J connectivity index is 1.51. The molecule has 4 heteroatoms. The van der Waals surface area contributed by atoms with Gasteiger partial charge in [0.15, 0.2) is 0 Å². The fourth-order valence-electron chi connectivity index (χ4n) is 5.02. The summed E-state index contributed by atoms with van der Waals surface area (Å²) in [7, 11) is 0. The van der Waals surface area contributed by atoms with Gasteiger partial charge in [0.1, 0.15) is 5.52 Å². The number of benzene rings is 2. The molecule has 1 atom stereocenters. The third kappa shape index (κ3) is 9.63. The molecule has 0 aliphatic carbocycles. The number of fused-ring (bicyclic) bond motifs is 1. The number of rotatable bonds is 18. The van der Waals surface area contributed by atoms with Gasteiger partial charge in [-0.3, -0.25) is 0 Å². The van der Waals surface area contributed by atoms with Gasteiger partial charge in [0.05, 0.1) is 5.52 Å². The first-order chi connectivity index (χ1) is 18.3. The number of hydrogen-bond acceptors (Lipinski definition) is 3. The smallest absolute Gasteiger partial charge is 0.226 e. The summed E-state index contributed by atoms with van der Waals surface area (Å²) in [6.45, 7) is 4.88. The van der Waals surface area contributed by atoms with Crippen LogP contribution in [0.3, 0.4) is 0 Å². The number of unbranched alkanes of at least 4 members (excludes halogenated alkanes) is 13. The Labute approximate surface area is 225 Å². The van der Waals surface area contributed by atoms with E-state index in [4.69, 9.17) is 4.74 Å². The van der Waals surface area contributed by atoms with Crippen LogP contribution >= 0.6 is 0 Å². The average Bonchev–Trinajstić information content (AvgIpc) is 3.37. The monoisotopic (exact) mass is 501 g/mol. The molecule has 0 bridgehead atoms. The quantitative estimate of drug-likeness (QED) is 0.129. The van der Waals surface area contributed by atoms with Crippen molar-refractivity contribution in [2.45, 2.75) is 116 Å². The molecule has 0 aliphatic heterocycles. The third-order valence-corrected chi connectivity index (χ3v) is 7.12. The van der Waals surface area contributed by atoms with E-state index in [0.29, 0.717) is 6.61 Å². The summed E-state index contributed by atoms with van der Waals surface area (Å²) in [5, 5.41) is 8.93. The van der Waals surface area contributed by atoms with E-state index in [1.54, 1.807) is 0 Å². The van der Waals surface area contributed by atoms with E-state index in [0.717, 1.165) is 29.4 Å². The van der Waals surface area contributed by atoms with Crippen LogP contribution in [0.5, 0.6) is 0 Å². The lowest BCUT2D eigenvalue weighted by atomic mass is 10.0. The molecule has 0 spiro atoms. The maximum atomic E-state index is 6.40. The van der Waals surface area contributed by atoms with Crippen LogP contribution in [0.25, 0.3) is 11.0 Å². The highest BCUT2D eigenvalue weighted by molar-refractivity contribution is 5.74. The van der Waals surface area contributed by atoms with Crippen LogP contribution < -0.4 is 0 Å². The standard InChI is InChI=1S/C33H47N3O/c1-3-5-6-7-8-9-10-11-12-13-14-15-16-22-28-33(37-4-2,29-27-30-23-18-17-19-24-30)36-32-26-21-20-25-31(32)34-35-36/h17-21,23-26H,3-16,22,28H2,1-2H3. The Morgan fingerprint density at radius 2 is 1.27 bits per heavy atom. The molecule has 0 aliphatic rings. The molecule has 37 heavy (non-hydrogen) atoms. The number of ether oxygens (including phenoxy) is 1. The van der Waals surface area contributed by atoms with E-state index >= 15 is 0 Å². The number of aromatic nitrogens is 3. The molecule has 0 saturated heterocycles. The van der Waals surface area contributed by atoms with Gasteiger partial charge < -0.3 is 4.74 Å². The molecular weight excluding hydrogens is 454 g/mol. The Morgan fingerprint density at radius 1 is 0.703 bits per heavy atom. The molecule has 0 amide bonds. The minimum atomic E-state index is -0.822. The Bertz CT molecular complexity index is 1070. The fourth-order valence-corrected chi connectivity index (χ4v) is 5.02. The predicted molar refractivity (Wildman–Crippen MR) is 155 cm³/mol. The first kappa shape index (κ1) is 28.9. The second-order valence-electron chi connectivity index (χ2n) is 10.2. The van der Waals surface area contributed by atoms with Crippen LogP contribution in [0.1, 0.15) is 116 Å². The van der Waals surface area contributed by atoms with Crippen molar-refractivity contribution in [3.63, 3.8) is 0 Å². The van der Waals surface area contributed by atoms with Gasteiger partial charge in [-0.2, -0.15) is 0 Å². The number of hydrogen-bond donors (Lipinski definition) is 0. The van der Waals surface area contributed by atoms with Gasteiger partial charge in [0.25, 0.3) is 0 Å². The molecule has 200 valence electrons. The highest BCUT2D eigenvalue weighted by atomic mass is 16.5. The zero-order valence-corrected chi connectivity index (χ0v) is 23.3. The molecule has 1 unspecified atom stereocenters. The second-order valence-corrected chi connectivity index (χ2v) is 10.2. The van der Waals surface area contributed by atoms with Gasteiger partial charge in [-0.05, 0) is 43.5 Å². The minimum Gasteiger partial charge on any atom is -0.344 e. The molecule has 2 aromatic carbocycles. The minimum absolute atomic E-state index is 0.566. The summed E-state index contributed by atoms with van der Waals surface area (Å²) >= 11 is 0. The lowest BCUT2D eigenvalue weighted by Crippen LogP contribution is -2.36. The summed E-state index contributed by atoms with van der Waals surface area (Å²) in [6.07, 6.45) is 19.6. The van der Waals surface area contributed by atoms with E-state index in [2.05, 4.69) is 35.1 Å². The summed E-state index contributed by atoms with van der Waals surface area (Å²) in [6, 6.07) is 18.2. The normalized spacial score (nSPS) is 12.8. The maximum Gasteiger partial charge on any atom is 0.226 e. The van der Waals surface area contributed by atoms with Gasteiger partial charge in [-0.25, -0.2) is 4.68 Å². The SMILES string of the molecule is CCCCCCCCCCCCCCCCC(C#Cc1ccccc1)(OCC)n1nnc2ccccc21. The van der Waals surface area contributed by atoms with Gasteiger partial charge in [0, 0.05) is 18.6 Å². The van der Waals surface area contributed by atoms with Gasteiger partial charge in [-0.15, -0.1) is 5.10 Å². The Hall–Kier alpha value is -2.64. The zero-order chi connectivity index (χ0) is 26.0. The van der Waals surface area contributed by atoms with Crippen molar-refractivity contribution < 1.29 is 4.74 Å². The maximum absolute atomic E-state index is 6.40. The highest BCUT2D eigenvalue weighted by Crippen LogP contribution is 2.29. The van der Waals surface area contributed by atoms with Crippen molar-refractivity contribution >= 4 is 11.0 Å². The summed E-state index contributed by atoms with van der Waals surface area (Å²) in [4.78, 5) is 0. The lowest BCUT2D eigenvalue weighted by molar-refractivity contribution is -0.0679. The lowest BCUT2D eigenvalue weighted by Gasteiger charge is -2.29. The predicted octanol–water partition coefficient (Wildman–Crippen LogP) is 9.04. The van der Waals surface area contributed by atoms with Crippen molar-refractivity contribution in [1.82, 2.24) is 15.0 Å². The van der Waals surface area contributed by atoms with Crippen molar-refractivity contribution in [3.8, 4) is 11.8 Å². The van der Waals surface area contributed by atoms with Crippen LogP contribution in [0.4, 0.5) is 0 Å². The van der Waals surface area contributed by atoms with E-state index in [-0.39, 0.29) is 0 Å². The molecule has 0 saturated carbocycles. The Morgan fingerprint density at radius 3 is 1.89 bits per heavy atom. The van der Waals surface area contributed by atoms with Crippen molar-refractivity contribution in [2.24, 2.45) is 0 Å². The molecule has 3 aromatic rings. The van der Waals surface area contributed by atoms with Crippen LogP contribution in [0.2, 0.25) is 0 Å². The van der Waals surface area contributed by atoms with Crippen LogP contribution in [0.15, 0.2) is 54.6 Å². The number of nitrogens with zero attached hydrogens (tertiary/aromatic N) is 3. The molecular formula is C33H47N3O. The summed E-state index contributed by atoms with van der Waals surface area (Å²) in [5.74, 6) is 6.84. The fraction of sp³-hybridized carbons (Fsp3) is 0.576. The zero-order valence-electron chi connectivity index (χ0n) is 23.3. The molecule has 0 fully saturated rings. The van der Waals surface area contributed by atoms with E-state index < -0.39 is 5.72 Å². The molecule has 4 nitrogen and oxygen atoms in total. The van der Waals surface area contributed by atoms with Gasteiger partial charge >= 0.3 is 0 Å². The van der Waals surface area contributed by atoms with Crippen molar-refractivity contribution in [1.29, 1.82) is 0 Å². The number of para-hydroxylation sites is 1. The highest BCUT2D eigenvalue weighted by Gasteiger charge is 2.33. The van der Waals surface area contributed by atoms with E-state index in [9.17, 15) is 0 Å². The summed E-state index contributed by atoms with van der Waals surface area (Å²) in [5.41, 5.74) is 1.99. The molecule has 0 radical (unpaired) electrons. The van der Waals surface area contributed by atoms with E-state index in [1.165, 1.54) is 83.5 Å². The van der Waals surface area contributed by atoms with Crippen molar-refractivity contribution in [2.75, 3.05) is 6.61 Å². The molecule has 1 heterocycles. The van der Waals surface area contributed by atoms with Crippen molar-refractivity contribution in [3.05, 3.63) is 60.2 Å². The molecule has 3 rings (SSSR count). The molecule has 0 N–H and O–H groups in total. The average molecular weight is 502 g/mol. The van der Waals surface area contributed by atoms with E-state index in [1.807, 2.05) is 60.1 Å². The first-order valence-electron chi connectivity index (χ1n) is 14.8. The van der Waals surface area contributed by atoms with Crippen LogP contribution in [-0.2, 0) is 10.5 Å².